The topological polar surface area (TPSA) is 15.3 Å². The van der Waals surface area contributed by atoms with E-state index >= 15 is 0 Å². The number of hydrogen-bond acceptors (Lipinski definition) is 2. The second-order valence-electron chi connectivity index (χ2n) is 5.16. The lowest BCUT2D eigenvalue weighted by atomic mass is 9.97. The Balaban J connectivity index is 0.00000120. The maximum Gasteiger partial charge on any atom is 0.0410 e. The largest absolute Gasteiger partial charge is 0.371 e. The van der Waals surface area contributed by atoms with Gasteiger partial charge in [-0.15, -0.1) is 12.4 Å². The first-order chi connectivity index (χ1) is 8.33. The van der Waals surface area contributed by atoms with Gasteiger partial charge in [-0.3, -0.25) is 0 Å². The van der Waals surface area contributed by atoms with Crippen molar-refractivity contribution in [2.45, 2.75) is 19.3 Å². The number of benzene rings is 1. The van der Waals surface area contributed by atoms with Gasteiger partial charge in [0.2, 0.25) is 0 Å². The fraction of sp³-hybridized carbons (Fsp3) is 0.571. The molecule has 1 fully saturated rings. The number of halogens is 2. The third kappa shape index (κ3) is 3.01. The summed E-state index contributed by atoms with van der Waals surface area (Å²) in [6.07, 6.45) is 3.88. The Hall–Kier alpha value is -0.250. The van der Waals surface area contributed by atoms with Gasteiger partial charge in [0.1, 0.15) is 0 Å². The van der Waals surface area contributed by atoms with Crippen molar-refractivity contribution >= 4 is 34.0 Å². The predicted molar refractivity (Wildman–Crippen MR) is 82.9 cm³/mol. The molecule has 0 amide bonds. The van der Waals surface area contributed by atoms with Gasteiger partial charge in [0.25, 0.3) is 0 Å². The normalized spacial score (nSPS) is 19.5. The minimum atomic E-state index is 0. The molecule has 0 aliphatic carbocycles. The Morgan fingerprint density at radius 2 is 2.06 bits per heavy atom. The van der Waals surface area contributed by atoms with Crippen molar-refractivity contribution in [3.63, 3.8) is 0 Å². The van der Waals surface area contributed by atoms with Gasteiger partial charge in [-0.25, -0.2) is 0 Å². The van der Waals surface area contributed by atoms with E-state index in [0.29, 0.717) is 0 Å². The van der Waals surface area contributed by atoms with Crippen LogP contribution in [0, 0.1) is 5.92 Å². The van der Waals surface area contributed by atoms with Crippen LogP contribution in [0.15, 0.2) is 22.7 Å². The van der Waals surface area contributed by atoms with Crippen molar-refractivity contribution in [3.05, 3.63) is 28.2 Å². The van der Waals surface area contributed by atoms with E-state index in [0.717, 1.165) is 5.92 Å². The third-order valence-corrected chi connectivity index (χ3v) is 4.47. The quantitative estimate of drug-likeness (QED) is 0.895. The summed E-state index contributed by atoms with van der Waals surface area (Å²) in [5.41, 5.74) is 2.97. The van der Waals surface area contributed by atoms with Gasteiger partial charge in [0.05, 0.1) is 0 Å². The van der Waals surface area contributed by atoms with Crippen molar-refractivity contribution in [1.82, 2.24) is 5.32 Å². The summed E-state index contributed by atoms with van der Waals surface area (Å²) in [4.78, 5) is 2.58. The molecule has 2 aliphatic rings. The van der Waals surface area contributed by atoms with Gasteiger partial charge in [0, 0.05) is 23.2 Å². The average molecular weight is 332 g/mol. The van der Waals surface area contributed by atoms with Gasteiger partial charge in [-0.2, -0.15) is 0 Å². The molecule has 0 aromatic heterocycles. The number of fused-ring (bicyclic) bond motifs is 1. The van der Waals surface area contributed by atoms with Gasteiger partial charge in [-0.1, -0.05) is 22.0 Å². The Morgan fingerprint density at radius 3 is 2.83 bits per heavy atom. The number of piperidine rings is 1. The summed E-state index contributed by atoms with van der Waals surface area (Å²) < 4.78 is 1.20. The van der Waals surface area contributed by atoms with Crippen molar-refractivity contribution in [3.8, 4) is 0 Å². The molecule has 18 heavy (non-hydrogen) atoms. The summed E-state index contributed by atoms with van der Waals surface area (Å²) in [7, 11) is 0. The molecule has 0 radical (unpaired) electrons. The van der Waals surface area contributed by atoms with E-state index < -0.39 is 0 Å². The predicted octanol–water partition coefficient (Wildman–Crippen LogP) is 3.23. The highest BCUT2D eigenvalue weighted by Gasteiger charge is 2.23. The SMILES string of the molecule is Brc1ccc2c(c1)N(CC1CCNCC1)CC2.Cl. The Bertz CT molecular complexity index is 405. The highest BCUT2D eigenvalue weighted by atomic mass is 79.9. The third-order valence-electron chi connectivity index (χ3n) is 3.98. The van der Waals surface area contributed by atoms with E-state index in [-0.39, 0.29) is 12.4 Å². The number of anilines is 1. The zero-order chi connectivity index (χ0) is 11.7. The molecule has 1 aromatic carbocycles. The van der Waals surface area contributed by atoms with Crippen LogP contribution >= 0.6 is 28.3 Å². The van der Waals surface area contributed by atoms with E-state index in [1.54, 1.807) is 0 Å². The van der Waals surface area contributed by atoms with E-state index in [4.69, 9.17) is 0 Å². The molecule has 0 unspecified atom stereocenters. The average Bonchev–Trinajstić information content (AvgIpc) is 2.73. The molecule has 4 heteroatoms. The number of nitrogens with zero attached hydrogens (tertiary/aromatic N) is 1. The van der Waals surface area contributed by atoms with Crippen molar-refractivity contribution in [2.24, 2.45) is 5.92 Å². The van der Waals surface area contributed by atoms with Crippen LogP contribution in [-0.2, 0) is 6.42 Å². The Labute approximate surface area is 124 Å². The van der Waals surface area contributed by atoms with Crippen LogP contribution in [-0.4, -0.2) is 26.2 Å². The van der Waals surface area contributed by atoms with E-state index in [1.807, 2.05) is 0 Å². The minimum absolute atomic E-state index is 0. The first-order valence-corrected chi connectivity index (χ1v) is 7.36. The van der Waals surface area contributed by atoms with Gasteiger partial charge < -0.3 is 10.2 Å². The number of hydrogen-bond donors (Lipinski definition) is 1. The van der Waals surface area contributed by atoms with E-state index in [9.17, 15) is 0 Å². The Kier molecular flexibility index (Phi) is 4.93. The van der Waals surface area contributed by atoms with Crippen molar-refractivity contribution < 1.29 is 0 Å². The summed E-state index contributed by atoms with van der Waals surface area (Å²) in [5, 5.41) is 3.44. The smallest absolute Gasteiger partial charge is 0.0410 e. The molecular formula is C14H20BrClN2. The van der Waals surface area contributed by atoms with Gasteiger partial charge in [-0.05, 0) is 56.0 Å². The fourth-order valence-corrected chi connectivity index (χ4v) is 3.33. The van der Waals surface area contributed by atoms with Crippen LogP contribution in [0.4, 0.5) is 5.69 Å². The fourth-order valence-electron chi connectivity index (χ4n) is 2.98. The molecule has 3 rings (SSSR count). The summed E-state index contributed by atoms with van der Waals surface area (Å²) in [6.45, 7) is 4.84. The zero-order valence-corrected chi connectivity index (χ0v) is 12.9. The van der Waals surface area contributed by atoms with Crippen LogP contribution in [0.25, 0.3) is 0 Å². The second-order valence-corrected chi connectivity index (χ2v) is 6.08. The molecule has 0 atom stereocenters. The molecule has 0 saturated carbocycles. The summed E-state index contributed by atoms with van der Waals surface area (Å²) in [6, 6.07) is 6.71. The highest BCUT2D eigenvalue weighted by molar-refractivity contribution is 9.10. The van der Waals surface area contributed by atoms with E-state index in [1.165, 1.54) is 61.2 Å². The maximum absolute atomic E-state index is 3.58. The van der Waals surface area contributed by atoms with Gasteiger partial charge in [0.15, 0.2) is 0 Å². The molecule has 100 valence electrons. The van der Waals surface area contributed by atoms with Crippen LogP contribution in [0.2, 0.25) is 0 Å². The molecular weight excluding hydrogens is 312 g/mol. The molecule has 2 nitrogen and oxygen atoms in total. The molecule has 2 aliphatic heterocycles. The molecule has 0 bridgehead atoms. The number of rotatable bonds is 2. The number of nitrogens with one attached hydrogen (secondary N) is 1. The summed E-state index contributed by atoms with van der Waals surface area (Å²) in [5.74, 6) is 0.876. The Morgan fingerprint density at radius 1 is 1.28 bits per heavy atom. The lowest BCUT2D eigenvalue weighted by Crippen LogP contribution is -2.35. The van der Waals surface area contributed by atoms with Crippen LogP contribution in [0.5, 0.6) is 0 Å². The minimum Gasteiger partial charge on any atom is -0.371 e. The highest BCUT2D eigenvalue weighted by Crippen LogP contribution is 2.32. The first kappa shape index (κ1) is 14.2. The lowest BCUT2D eigenvalue weighted by molar-refractivity contribution is 0.375. The molecule has 1 N–H and O–H groups in total. The zero-order valence-electron chi connectivity index (χ0n) is 10.5. The van der Waals surface area contributed by atoms with Gasteiger partial charge >= 0.3 is 0 Å². The molecule has 1 saturated heterocycles. The van der Waals surface area contributed by atoms with Crippen molar-refractivity contribution in [1.29, 1.82) is 0 Å². The monoisotopic (exact) mass is 330 g/mol. The molecule has 2 heterocycles. The lowest BCUT2D eigenvalue weighted by Gasteiger charge is -2.29. The maximum atomic E-state index is 3.58. The second kappa shape index (κ2) is 6.27. The van der Waals surface area contributed by atoms with Crippen LogP contribution < -0.4 is 10.2 Å². The van der Waals surface area contributed by atoms with Crippen LogP contribution in [0.1, 0.15) is 18.4 Å². The standard InChI is InChI=1S/C14H19BrN2.ClH/c15-13-2-1-12-5-8-17(14(12)9-13)10-11-3-6-16-7-4-11;/h1-2,9,11,16H,3-8,10H2;1H. The van der Waals surface area contributed by atoms with Crippen LogP contribution in [0.3, 0.4) is 0 Å². The molecule has 1 aromatic rings. The first-order valence-electron chi connectivity index (χ1n) is 6.57. The summed E-state index contributed by atoms with van der Waals surface area (Å²) >= 11 is 3.58. The molecule has 0 spiro atoms. The van der Waals surface area contributed by atoms with Crippen molar-refractivity contribution in [2.75, 3.05) is 31.1 Å². The van der Waals surface area contributed by atoms with E-state index in [2.05, 4.69) is 44.3 Å².